The fourth-order valence-electron chi connectivity index (χ4n) is 2.18. The Balaban J connectivity index is 2.01. The van der Waals surface area contributed by atoms with Crippen molar-refractivity contribution in [2.24, 2.45) is 0 Å². The van der Waals surface area contributed by atoms with Gasteiger partial charge in [-0.05, 0) is 19.1 Å². The molecule has 0 saturated carbocycles. The van der Waals surface area contributed by atoms with E-state index in [1.54, 1.807) is 31.0 Å². The van der Waals surface area contributed by atoms with Crippen LogP contribution in [0.1, 0.15) is 24.4 Å². The monoisotopic (exact) mass is 340 g/mol. The average Bonchev–Trinajstić information content (AvgIpc) is 2.97. The quantitative estimate of drug-likeness (QED) is 0.838. The van der Waals surface area contributed by atoms with E-state index in [1.807, 2.05) is 0 Å². The molecule has 0 fully saturated rings. The summed E-state index contributed by atoms with van der Waals surface area (Å²) in [5.74, 6) is -0.232. The fraction of sp³-hybridized carbons (Fsp3) is 0.400. The van der Waals surface area contributed by atoms with Gasteiger partial charge in [0.2, 0.25) is 5.91 Å². The minimum Gasteiger partial charge on any atom is -0.383 e. The van der Waals surface area contributed by atoms with E-state index in [0.717, 1.165) is 0 Å². The molecule has 124 valence electrons. The van der Waals surface area contributed by atoms with Crippen LogP contribution in [0.4, 0.5) is 4.39 Å². The Bertz CT molecular complexity index is 657. The summed E-state index contributed by atoms with van der Waals surface area (Å²) in [5.41, 5.74) is 0.180. The van der Waals surface area contributed by atoms with E-state index >= 15 is 0 Å². The largest absolute Gasteiger partial charge is 0.383 e. The molecule has 1 aromatic heterocycles. The lowest BCUT2D eigenvalue weighted by atomic mass is 10.1. The number of aromatic nitrogens is 3. The summed E-state index contributed by atoms with van der Waals surface area (Å²) in [6, 6.07) is 3.96. The van der Waals surface area contributed by atoms with Gasteiger partial charge in [0.05, 0.1) is 19.1 Å². The highest BCUT2D eigenvalue weighted by Gasteiger charge is 2.18. The average molecular weight is 341 g/mol. The summed E-state index contributed by atoms with van der Waals surface area (Å²) in [6.07, 6.45) is 1.44. The van der Waals surface area contributed by atoms with Crippen molar-refractivity contribution < 1.29 is 13.9 Å². The van der Waals surface area contributed by atoms with Crippen molar-refractivity contribution in [1.29, 1.82) is 0 Å². The van der Waals surface area contributed by atoms with E-state index in [4.69, 9.17) is 16.3 Å². The Morgan fingerprint density at radius 3 is 3.00 bits per heavy atom. The lowest BCUT2D eigenvalue weighted by Gasteiger charge is -2.15. The number of halogens is 2. The van der Waals surface area contributed by atoms with Gasteiger partial charge in [-0.1, -0.05) is 17.7 Å². The fourth-order valence-corrected chi connectivity index (χ4v) is 2.41. The number of rotatable bonds is 7. The van der Waals surface area contributed by atoms with E-state index in [0.29, 0.717) is 19.0 Å². The maximum atomic E-state index is 13.7. The Morgan fingerprint density at radius 1 is 1.52 bits per heavy atom. The van der Waals surface area contributed by atoms with Gasteiger partial charge in [-0.15, -0.1) is 10.2 Å². The summed E-state index contributed by atoms with van der Waals surface area (Å²) in [4.78, 5) is 12.1. The molecule has 0 aliphatic carbocycles. The molecule has 0 aliphatic rings. The zero-order valence-corrected chi connectivity index (χ0v) is 13.7. The zero-order valence-electron chi connectivity index (χ0n) is 12.9. The molecular formula is C15H18ClFN4O2. The van der Waals surface area contributed by atoms with Gasteiger partial charge in [0.25, 0.3) is 0 Å². The standard InChI is InChI=1S/C15H18ClFN4O2/c1-10(15-20-18-9-21(15)6-7-23-2)19-14(22)8-11-12(16)4-3-5-13(11)17/h3-5,9-10H,6-8H2,1-2H3,(H,19,22). The maximum Gasteiger partial charge on any atom is 0.225 e. The second kappa shape index (κ2) is 8.03. The number of hydrogen-bond acceptors (Lipinski definition) is 4. The van der Waals surface area contributed by atoms with Gasteiger partial charge < -0.3 is 14.6 Å². The van der Waals surface area contributed by atoms with Crippen molar-refractivity contribution in [2.45, 2.75) is 25.9 Å². The van der Waals surface area contributed by atoms with E-state index in [1.165, 1.54) is 12.1 Å². The molecular weight excluding hydrogens is 323 g/mol. The summed E-state index contributed by atoms with van der Waals surface area (Å²) in [6.45, 7) is 2.88. The van der Waals surface area contributed by atoms with Gasteiger partial charge in [0.15, 0.2) is 5.82 Å². The summed E-state index contributed by atoms with van der Waals surface area (Å²) in [7, 11) is 1.60. The van der Waals surface area contributed by atoms with Crippen LogP contribution in [0.3, 0.4) is 0 Å². The number of carbonyl (C=O) groups excluding carboxylic acids is 1. The van der Waals surface area contributed by atoms with Crippen LogP contribution in [0, 0.1) is 5.82 Å². The molecule has 0 bridgehead atoms. The number of hydrogen-bond donors (Lipinski definition) is 1. The third-order valence-electron chi connectivity index (χ3n) is 3.35. The van der Waals surface area contributed by atoms with Crippen molar-refractivity contribution in [3.63, 3.8) is 0 Å². The molecule has 1 amide bonds. The first kappa shape index (κ1) is 17.4. The SMILES string of the molecule is COCCn1cnnc1C(C)NC(=O)Cc1c(F)cccc1Cl. The number of benzene rings is 1. The first-order valence-electron chi connectivity index (χ1n) is 7.11. The minimum atomic E-state index is -0.497. The topological polar surface area (TPSA) is 69.0 Å². The highest BCUT2D eigenvalue weighted by Crippen LogP contribution is 2.20. The molecule has 23 heavy (non-hydrogen) atoms. The van der Waals surface area contributed by atoms with Crippen LogP contribution in [0.15, 0.2) is 24.5 Å². The van der Waals surface area contributed by atoms with E-state index in [2.05, 4.69) is 15.5 Å². The molecule has 1 atom stereocenters. The number of carbonyl (C=O) groups is 1. The van der Waals surface area contributed by atoms with Crippen LogP contribution in [-0.4, -0.2) is 34.4 Å². The van der Waals surface area contributed by atoms with Gasteiger partial charge >= 0.3 is 0 Å². The van der Waals surface area contributed by atoms with Crippen molar-refractivity contribution in [3.05, 3.63) is 46.8 Å². The van der Waals surface area contributed by atoms with Gasteiger partial charge in [-0.3, -0.25) is 4.79 Å². The van der Waals surface area contributed by atoms with Crippen molar-refractivity contribution in [2.75, 3.05) is 13.7 Å². The highest BCUT2D eigenvalue weighted by molar-refractivity contribution is 6.31. The number of nitrogens with zero attached hydrogens (tertiary/aromatic N) is 3. The predicted octanol–water partition coefficient (Wildman–Crippen LogP) is 2.14. The first-order chi connectivity index (χ1) is 11.0. The van der Waals surface area contributed by atoms with Crippen LogP contribution in [0.2, 0.25) is 5.02 Å². The van der Waals surface area contributed by atoms with Crippen LogP contribution >= 0.6 is 11.6 Å². The Kier molecular flexibility index (Phi) is 6.06. The molecule has 0 saturated heterocycles. The second-order valence-electron chi connectivity index (χ2n) is 5.04. The molecule has 0 spiro atoms. The number of methoxy groups -OCH3 is 1. The molecule has 1 unspecified atom stereocenters. The number of amides is 1. The molecule has 1 N–H and O–H groups in total. The lowest BCUT2D eigenvalue weighted by molar-refractivity contribution is -0.121. The van der Waals surface area contributed by atoms with Crippen LogP contribution < -0.4 is 5.32 Å². The zero-order chi connectivity index (χ0) is 16.8. The maximum absolute atomic E-state index is 13.7. The first-order valence-corrected chi connectivity index (χ1v) is 7.49. The van der Waals surface area contributed by atoms with Crippen LogP contribution in [0.5, 0.6) is 0 Å². The molecule has 1 aromatic carbocycles. The van der Waals surface area contributed by atoms with Crippen LogP contribution in [0.25, 0.3) is 0 Å². The van der Waals surface area contributed by atoms with E-state index in [-0.39, 0.29) is 29.0 Å². The van der Waals surface area contributed by atoms with Crippen molar-refractivity contribution >= 4 is 17.5 Å². The summed E-state index contributed by atoms with van der Waals surface area (Å²) >= 11 is 5.93. The normalized spacial score (nSPS) is 12.2. The predicted molar refractivity (Wildman–Crippen MR) is 83.6 cm³/mol. The molecule has 2 aromatic rings. The molecule has 8 heteroatoms. The molecule has 0 radical (unpaired) electrons. The Morgan fingerprint density at radius 2 is 2.30 bits per heavy atom. The third kappa shape index (κ3) is 4.49. The molecule has 2 rings (SSSR count). The van der Waals surface area contributed by atoms with E-state index < -0.39 is 5.82 Å². The molecule has 1 heterocycles. The highest BCUT2D eigenvalue weighted by atomic mass is 35.5. The number of nitrogens with one attached hydrogen (secondary N) is 1. The van der Waals surface area contributed by atoms with Gasteiger partial charge in [0.1, 0.15) is 12.1 Å². The van der Waals surface area contributed by atoms with Crippen LogP contribution in [-0.2, 0) is 22.5 Å². The van der Waals surface area contributed by atoms with Crippen molar-refractivity contribution in [1.82, 2.24) is 20.1 Å². The smallest absolute Gasteiger partial charge is 0.225 e. The number of ether oxygens (including phenoxy) is 1. The van der Waals surface area contributed by atoms with Crippen molar-refractivity contribution in [3.8, 4) is 0 Å². The summed E-state index contributed by atoms with van der Waals surface area (Å²) < 4.78 is 20.5. The summed E-state index contributed by atoms with van der Waals surface area (Å²) in [5, 5.41) is 10.9. The molecule has 6 nitrogen and oxygen atoms in total. The second-order valence-corrected chi connectivity index (χ2v) is 5.45. The van der Waals surface area contributed by atoms with Gasteiger partial charge in [-0.25, -0.2) is 4.39 Å². The van der Waals surface area contributed by atoms with E-state index in [9.17, 15) is 9.18 Å². The molecule has 0 aliphatic heterocycles. The Labute approximate surface area is 138 Å². The van der Waals surface area contributed by atoms with Gasteiger partial charge in [0, 0.05) is 24.2 Å². The third-order valence-corrected chi connectivity index (χ3v) is 3.70. The lowest BCUT2D eigenvalue weighted by Crippen LogP contribution is -2.30. The Hall–Kier alpha value is -1.99. The van der Waals surface area contributed by atoms with Gasteiger partial charge in [-0.2, -0.15) is 0 Å². The minimum absolute atomic E-state index is 0.137.